The molecule has 0 aliphatic heterocycles. The number of carbonyl (C=O) groups is 2. The van der Waals surface area contributed by atoms with Crippen LogP contribution in [0.2, 0.25) is 0 Å². The van der Waals surface area contributed by atoms with Crippen LogP contribution >= 0.6 is 23.7 Å². The van der Waals surface area contributed by atoms with Crippen molar-refractivity contribution in [2.75, 3.05) is 25.9 Å². The smallest absolute Gasteiger partial charge is 0.264 e. The molecule has 0 atom stereocenters. The van der Waals surface area contributed by atoms with Crippen molar-refractivity contribution in [3.05, 3.63) is 52.2 Å². The lowest BCUT2D eigenvalue weighted by atomic mass is 10.1. The number of nitrogens with zero attached hydrogens (tertiary/aromatic N) is 1. The average Bonchev–Trinajstić information content (AvgIpc) is 3.02. The molecule has 3 N–H and O–H groups in total. The molecule has 0 aliphatic carbocycles. The van der Waals surface area contributed by atoms with Gasteiger partial charge in [0.2, 0.25) is 5.91 Å². The number of halogens is 1. The molecular weight excluding hydrogens is 334 g/mol. The average molecular weight is 354 g/mol. The standard InChI is InChI=1S/C16H19N3O2S.ClH/c1-19(16(21)14-3-2-10-22-14)11-15(20)18-9-8-12-4-6-13(17)7-5-12;/h2-7,10H,8-9,11,17H2,1H3,(H,18,20);1H. The largest absolute Gasteiger partial charge is 0.399 e. The van der Waals surface area contributed by atoms with Gasteiger partial charge in [0.15, 0.2) is 0 Å². The van der Waals surface area contributed by atoms with Gasteiger partial charge in [-0.2, -0.15) is 0 Å². The molecule has 0 spiro atoms. The quantitative estimate of drug-likeness (QED) is 0.781. The number of benzene rings is 1. The van der Waals surface area contributed by atoms with Crippen LogP contribution in [0.3, 0.4) is 0 Å². The lowest BCUT2D eigenvalue weighted by molar-refractivity contribution is -0.121. The number of likely N-dealkylation sites (N-methyl/N-ethyl adjacent to an activating group) is 1. The zero-order valence-corrected chi connectivity index (χ0v) is 14.5. The summed E-state index contributed by atoms with van der Waals surface area (Å²) in [5.74, 6) is -0.300. The SMILES string of the molecule is CN(CC(=O)NCCc1ccc(N)cc1)C(=O)c1cccs1.Cl. The minimum atomic E-state index is -0.164. The predicted molar refractivity (Wildman–Crippen MR) is 96.1 cm³/mol. The lowest BCUT2D eigenvalue weighted by Gasteiger charge is -2.15. The molecule has 0 unspecified atom stereocenters. The van der Waals surface area contributed by atoms with Crippen LogP contribution in [0, 0.1) is 0 Å². The highest BCUT2D eigenvalue weighted by molar-refractivity contribution is 7.12. The molecule has 1 aromatic heterocycles. The molecule has 124 valence electrons. The van der Waals surface area contributed by atoms with E-state index in [4.69, 9.17) is 5.73 Å². The maximum Gasteiger partial charge on any atom is 0.264 e. The Bertz CT molecular complexity index is 629. The van der Waals surface area contributed by atoms with Gasteiger partial charge in [0.05, 0.1) is 11.4 Å². The second kappa shape index (κ2) is 9.17. The second-order valence-electron chi connectivity index (χ2n) is 4.98. The third-order valence-electron chi connectivity index (χ3n) is 3.17. The van der Waals surface area contributed by atoms with Gasteiger partial charge < -0.3 is 16.0 Å². The lowest BCUT2D eigenvalue weighted by Crippen LogP contribution is -2.38. The Morgan fingerprint density at radius 3 is 2.52 bits per heavy atom. The number of anilines is 1. The van der Waals surface area contributed by atoms with E-state index < -0.39 is 0 Å². The molecule has 0 fully saturated rings. The molecule has 0 saturated carbocycles. The van der Waals surface area contributed by atoms with Gasteiger partial charge in [0.1, 0.15) is 0 Å². The van der Waals surface area contributed by atoms with Gasteiger partial charge >= 0.3 is 0 Å². The number of nitrogens with one attached hydrogen (secondary N) is 1. The maximum absolute atomic E-state index is 12.0. The van der Waals surface area contributed by atoms with Crippen molar-refractivity contribution >= 4 is 41.2 Å². The molecule has 0 radical (unpaired) electrons. The summed E-state index contributed by atoms with van der Waals surface area (Å²) in [6.45, 7) is 0.586. The van der Waals surface area contributed by atoms with Gasteiger partial charge in [0, 0.05) is 19.3 Å². The van der Waals surface area contributed by atoms with Gasteiger partial charge in [-0.25, -0.2) is 0 Å². The number of hydrogen-bond donors (Lipinski definition) is 2. The number of hydrogen-bond acceptors (Lipinski definition) is 4. The van der Waals surface area contributed by atoms with Gasteiger partial charge in [0.25, 0.3) is 5.91 Å². The number of nitrogen functional groups attached to an aromatic ring is 1. The summed E-state index contributed by atoms with van der Waals surface area (Å²) in [6.07, 6.45) is 0.731. The second-order valence-corrected chi connectivity index (χ2v) is 5.93. The molecule has 2 rings (SSSR count). The molecule has 1 heterocycles. The van der Waals surface area contributed by atoms with E-state index in [2.05, 4.69) is 5.32 Å². The van der Waals surface area contributed by atoms with Crippen LogP contribution in [-0.2, 0) is 11.2 Å². The zero-order chi connectivity index (χ0) is 15.9. The Kier molecular flexibility index (Phi) is 7.57. The van der Waals surface area contributed by atoms with Crippen molar-refractivity contribution in [1.82, 2.24) is 10.2 Å². The first-order valence-electron chi connectivity index (χ1n) is 6.96. The summed E-state index contributed by atoms with van der Waals surface area (Å²) in [5.41, 5.74) is 7.45. The van der Waals surface area contributed by atoms with Crippen molar-refractivity contribution < 1.29 is 9.59 Å². The topological polar surface area (TPSA) is 75.4 Å². The van der Waals surface area contributed by atoms with Crippen LogP contribution in [0.4, 0.5) is 5.69 Å². The fourth-order valence-corrected chi connectivity index (χ4v) is 2.68. The highest BCUT2D eigenvalue weighted by Gasteiger charge is 2.15. The first-order chi connectivity index (χ1) is 10.6. The Hall–Kier alpha value is -2.05. The zero-order valence-electron chi connectivity index (χ0n) is 12.8. The Labute approximate surface area is 145 Å². The first-order valence-corrected chi connectivity index (χ1v) is 7.84. The van der Waals surface area contributed by atoms with Crippen molar-refractivity contribution in [2.24, 2.45) is 0 Å². The number of amides is 2. The molecule has 0 aliphatic rings. The Morgan fingerprint density at radius 1 is 1.22 bits per heavy atom. The molecule has 0 saturated heterocycles. The minimum absolute atomic E-state index is 0. The minimum Gasteiger partial charge on any atom is -0.399 e. The summed E-state index contributed by atoms with van der Waals surface area (Å²) in [5, 5.41) is 4.66. The van der Waals surface area contributed by atoms with Crippen LogP contribution in [0.15, 0.2) is 41.8 Å². The van der Waals surface area contributed by atoms with Crippen molar-refractivity contribution in [3.8, 4) is 0 Å². The van der Waals surface area contributed by atoms with Crippen molar-refractivity contribution in [1.29, 1.82) is 0 Å². The van der Waals surface area contributed by atoms with E-state index in [1.807, 2.05) is 35.7 Å². The first kappa shape index (κ1) is 19.0. The van der Waals surface area contributed by atoms with Crippen molar-refractivity contribution in [3.63, 3.8) is 0 Å². The number of carbonyl (C=O) groups excluding carboxylic acids is 2. The maximum atomic E-state index is 12.0. The number of thiophene rings is 1. The normalized spacial score (nSPS) is 9.78. The molecule has 23 heavy (non-hydrogen) atoms. The summed E-state index contributed by atoms with van der Waals surface area (Å²) < 4.78 is 0. The van der Waals surface area contributed by atoms with E-state index in [0.29, 0.717) is 11.4 Å². The van der Waals surface area contributed by atoms with Gasteiger partial charge in [-0.15, -0.1) is 23.7 Å². The van der Waals surface area contributed by atoms with E-state index in [9.17, 15) is 9.59 Å². The van der Waals surface area contributed by atoms with Gasteiger partial charge in [-0.1, -0.05) is 18.2 Å². The van der Waals surface area contributed by atoms with Crippen LogP contribution in [-0.4, -0.2) is 36.9 Å². The fourth-order valence-electron chi connectivity index (χ4n) is 1.96. The number of nitrogens with two attached hydrogens (primary N) is 1. The highest BCUT2D eigenvalue weighted by Crippen LogP contribution is 2.10. The molecule has 5 nitrogen and oxygen atoms in total. The van der Waals surface area contributed by atoms with Crippen molar-refractivity contribution in [2.45, 2.75) is 6.42 Å². The Balaban J connectivity index is 0.00000264. The van der Waals surface area contributed by atoms with E-state index in [1.54, 1.807) is 13.1 Å². The molecule has 7 heteroatoms. The molecule has 2 amide bonds. The third-order valence-corrected chi connectivity index (χ3v) is 4.03. The number of rotatable bonds is 6. The molecule has 0 bridgehead atoms. The van der Waals surface area contributed by atoms with Gasteiger partial charge in [-0.05, 0) is 35.6 Å². The summed E-state index contributed by atoms with van der Waals surface area (Å²) in [7, 11) is 1.63. The fraction of sp³-hybridized carbons (Fsp3) is 0.250. The van der Waals surface area contributed by atoms with Crippen LogP contribution in [0.5, 0.6) is 0 Å². The van der Waals surface area contributed by atoms with Crippen LogP contribution in [0.1, 0.15) is 15.2 Å². The van der Waals surface area contributed by atoms with E-state index in [-0.39, 0.29) is 30.8 Å². The van der Waals surface area contributed by atoms with E-state index >= 15 is 0 Å². The summed E-state index contributed by atoms with van der Waals surface area (Å²) in [4.78, 5) is 25.9. The molecule has 2 aromatic rings. The van der Waals surface area contributed by atoms with Gasteiger partial charge in [-0.3, -0.25) is 9.59 Å². The molecule has 1 aromatic carbocycles. The molecular formula is C16H20ClN3O2S. The third kappa shape index (κ3) is 5.92. The van der Waals surface area contributed by atoms with Crippen LogP contribution in [0.25, 0.3) is 0 Å². The Morgan fingerprint density at radius 2 is 1.91 bits per heavy atom. The summed E-state index contributed by atoms with van der Waals surface area (Å²) >= 11 is 1.37. The van der Waals surface area contributed by atoms with Crippen LogP contribution < -0.4 is 11.1 Å². The monoisotopic (exact) mass is 353 g/mol. The highest BCUT2D eigenvalue weighted by atomic mass is 35.5. The van der Waals surface area contributed by atoms with E-state index in [0.717, 1.165) is 17.7 Å². The predicted octanol–water partition coefficient (Wildman–Crippen LogP) is 2.18. The van der Waals surface area contributed by atoms with E-state index in [1.165, 1.54) is 16.2 Å². The summed E-state index contributed by atoms with van der Waals surface area (Å²) in [6, 6.07) is 11.1.